The number of anilines is 2. The van der Waals surface area contributed by atoms with Crippen molar-refractivity contribution in [3.63, 3.8) is 0 Å². The van der Waals surface area contributed by atoms with Crippen LogP contribution in [0.1, 0.15) is 10.4 Å². The highest BCUT2D eigenvalue weighted by Gasteiger charge is 2.12. The van der Waals surface area contributed by atoms with Crippen molar-refractivity contribution in [2.24, 2.45) is 0 Å². The van der Waals surface area contributed by atoms with Gasteiger partial charge in [0.25, 0.3) is 5.91 Å². The third-order valence-corrected chi connectivity index (χ3v) is 2.94. The molecule has 1 aromatic heterocycles. The summed E-state index contributed by atoms with van der Waals surface area (Å²) in [5, 5.41) is 12.0. The smallest absolute Gasteiger partial charge is 0.258 e. The van der Waals surface area contributed by atoms with Gasteiger partial charge in [0.05, 0.1) is 5.56 Å². The molecular weight excluding hydrogens is 298 g/mol. The van der Waals surface area contributed by atoms with Crippen LogP contribution in [-0.2, 0) is 0 Å². The second-order valence-corrected chi connectivity index (χ2v) is 4.42. The molecule has 0 aliphatic carbocycles. The molecule has 1 aromatic carbocycles. The van der Waals surface area contributed by atoms with E-state index in [1.165, 1.54) is 12.3 Å². The number of aromatic hydroxyl groups is 1. The van der Waals surface area contributed by atoms with Crippen LogP contribution in [0.25, 0.3) is 0 Å². The predicted molar refractivity (Wildman–Crippen MR) is 72.4 cm³/mol. The molecule has 0 bridgehead atoms. The van der Waals surface area contributed by atoms with Crippen LogP contribution in [-0.4, -0.2) is 16.0 Å². The summed E-state index contributed by atoms with van der Waals surface area (Å²) in [6.07, 6.45) is 1.48. The zero-order chi connectivity index (χ0) is 13.1. The van der Waals surface area contributed by atoms with Crippen LogP contribution < -0.4 is 11.1 Å². The van der Waals surface area contributed by atoms with E-state index in [1.54, 1.807) is 24.3 Å². The molecule has 18 heavy (non-hydrogen) atoms. The number of benzene rings is 1. The lowest BCUT2D eigenvalue weighted by Gasteiger charge is -2.08. The second kappa shape index (κ2) is 5.05. The SMILES string of the molecule is Nc1ccc(Br)c(C(=O)Nc2ncccc2O)c1. The quantitative estimate of drug-likeness (QED) is 0.743. The van der Waals surface area contributed by atoms with Gasteiger partial charge in [-0.25, -0.2) is 4.98 Å². The number of nitrogens with zero attached hydrogens (tertiary/aromatic N) is 1. The molecule has 1 heterocycles. The summed E-state index contributed by atoms with van der Waals surface area (Å²) in [6, 6.07) is 7.92. The number of carbonyl (C=O) groups is 1. The molecule has 1 amide bonds. The zero-order valence-electron chi connectivity index (χ0n) is 9.22. The molecule has 0 fully saturated rings. The van der Waals surface area contributed by atoms with Gasteiger partial charge in [-0.05, 0) is 46.3 Å². The molecule has 0 aliphatic rings. The summed E-state index contributed by atoms with van der Waals surface area (Å²) < 4.78 is 0.615. The van der Waals surface area contributed by atoms with Gasteiger partial charge in [0.2, 0.25) is 0 Å². The minimum absolute atomic E-state index is 0.0918. The van der Waals surface area contributed by atoms with Gasteiger partial charge in [0.1, 0.15) is 0 Å². The average molecular weight is 308 g/mol. The molecule has 0 aliphatic heterocycles. The van der Waals surface area contributed by atoms with Gasteiger partial charge in [-0.1, -0.05) is 0 Å². The predicted octanol–water partition coefficient (Wildman–Crippen LogP) is 2.38. The molecule has 6 heteroatoms. The number of hydrogen-bond donors (Lipinski definition) is 3. The zero-order valence-corrected chi connectivity index (χ0v) is 10.8. The Morgan fingerprint density at radius 1 is 1.39 bits per heavy atom. The minimum Gasteiger partial charge on any atom is -0.504 e. The highest BCUT2D eigenvalue weighted by Crippen LogP contribution is 2.23. The Morgan fingerprint density at radius 3 is 2.89 bits per heavy atom. The number of nitrogen functional groups attached to an aromatic ring is 1. The molecule has 0 unspecified atom stereocenters. The van der Waals surface area contributed by atoms with Gasteiger partial charge in [0, 0.05) is 16.4 Å². The summed E-state index contributed by atoms with van der Waals surface area (Å²) in [5.74, 6) is -0.383. The number of nitrogens with one attached hydrogen (secondary N) is 1. The Bertz CT molecular complexity index is 602. The van der Waals surface area contributed by atoms with E-state index in [9.17, 15) is 9.90 Å². The molecule has 2 aromatic rings. The summed E-state index contributed by atoms with van der Waals surface area (Å²) >= 11 is 3.26. The van der Waals surface area contributed by atoms with Crippen molar-refractivity contribution in [1.82, 2.24) is 4.98 Å². The second-order valence-electron chi connectivity index (χ2n) is 3.56. The van der Waals surface area contributed by atoms with Gasteiger partial charge in [-0.15, -0.1) is 0 Å². The molecule has 0 saturated carbocycles. The van der Waals surface area contributed by atoms with Crippen molar-refractivity contribution in [3.05, 3.63) is 46.6 Å². The highest BCUT2D eigenvalue weighted by molar-refractivity contribution is 9.10. The molecule has 5 nitrogen and oxygen atoms in total. The highest BCUT2D eigenvalue weighted by atomic mass is 79.9. The number of nitrogens with two attached hydrogens (primary N) is 1. The lowest BCUT2D eigenvalue weighted by molar-refractivity contribution is 0.102. The fourth-order valence-corrected chi connectivity index (χ4v) is 1.81. The number of hydrogen-bond acceptors (Lipinski definition) is 4. The first-order valence-corrected chi connectivity index (χ1v) is 5.87. The molecule has 0 radical (unpaired) electrons. The molecule has 4 N–H and O–H groups in total. The van der Waals surface area contributed by atoms with Gasteiger partial charge in [0.15, 0.2) is 11.6 Å². The van der Waals surface area contributed by atoms with Gasteiger partial charge in [-0.3, -0.25) is 4.79 Å². The van der Waals surface area contributed by atoms with Crippen LogP contribution in [0.2, 0.25) is 0 Å². The van der Waals surface area contributed by atoms with E-state index in [2.05, 4.69) is 26.2 Å². The van der Waals surface area contributed by atoms with E-state index in [0.717, 1.165) is 0 Å². The fraction of sp³-hybridized carbons (Fsp3) is 0. The van der Waals surface area contributed by atoms with Crippen LogP contribution in [0.3, 0.4) is 0 Å². The number of rotatable bonds is 2. The van der Waals surface area contributed by atoms with Crippen molar-refractivity contribution < 1.29 is 9.90 Å². The Kier molecular flexibility index (Phi) is 3.47. The third kappa shape index (κ3) is 2.60. The normalized spacial score (nSPS) is 10.1. The topological polar surface area (TPSA) is 88.2 Å². The summed E-state index contributed by atoms with van der Waals surface area (Å²) in [4.78, 5) is 15.9. The van der Waals surface area contributed by atoms with Gasteiger partial charge < -0.3 is 16.2 Å². The van der Waals surface area contributed by atoms with E-state index < -0.39 is 5.91 Å². The van der Waals surface area contributed by atoms with Crippen LogP contribution in [0, 0.1) is 0 Å². The van der Waals surface area contributed by atoms with Crippen molar-refractivity contribution >= 4 is 33.3 Å². The third-order valence-electron chi connectivity index (χ3n) is 2.25. The van der Waals surface area contributed by atoms with Crippen LogP contribution in [0.4, 0.5) is 11.5 Å². The first kappa shape index (κ1) is 12.4. The summed E-state index contributed by atoms with van der Waals surface area (Å²) in [5.41, 5.74) is 6.48. The fourth-order valence-electron chi connectivity index (χ4n) is 1.38. The maximum absolute atomic E-state index is 12.0. The summed E-state index contributed by atoms with van der Waals surface area (Å²) in [7, 11) is 0. The Labute approximate surface area is 112 Å². The number of halogens is 1. The number of amides is 1. The molecular formula is C12H10BrN3O2. The standard InChI is InChI=1S/C12H10BrN3O2/c13-9-4-3-7(14)6-8(9)12(18)16-11-10(17)2-1-5-15-11/h1-6,17H,14H2,(H,15,16,18). The van der Waals surface area contributed by atoms with E-state index in [0.29, 0.717) is 15.7 Å². The Balaban J connectivity index is 2.28. The first-order valence-electron chi connectivity index (χ1n) is 5.08. The lowest BCUT2D eigenvalue weighted by Crippen LogP contribution is -2.14. The lowest BCUT2D eigenvalue weighted by atomic mass is 10.2. The molecule has 2 rings (SSSR count). The molecule has 0 saturated heterocycles. The first-order chi connectivity index (χ1) is 8.58. The van der Waals surface area contributed by atoms with E-state index in [4.69, 9.17) is 5.73 Å². The minimum atomic E-state index is -0.400. The van der Waals surface area contributed by atoms with E-state index in [-0.39, 0.29) is 11.6 Å². The number of pyridine rings is 1. The van der Waals surface area contributed by atoms with Gasteiger partial charge >= 0.3 is 0 Å². The van der Waals surface area contributed by atoms with Crippen molar-refractivity contribution in [2.45, 2.75) is 0 Å². The van der Waals surface area contributed by atoms with Crippen LogP contribution in [0.15, 0.2) is 41.0 Å². The molecule has 92 valence electrons. The number of carbonyl (C=O) groups excluding carboxylic acids is 1. The Morgan fingerprint density at radius 2 is 2.17 bits per heavy atom. The van der Waals surface area contributed by atoms with Crippen LogP contribution in [0.5, 0.6) is 5.75 Å². The Hall–Kier alpha value is -2.08. The van der Waals surface area contributed by atoms with Crippen molar-refractivity contribution in [1.29, 1.82) is 0 Å². The van der Waals surface area contributed by atoms with Crippen LogP contribution >= 0.6 is 15.9 Å². The van der Waals surface area contributed by atoms with Crippen molar-refractivity contribution in [3.8, 4) is 5.75 Å². The van der Waals surface area contributed by atoms with Gasteiger partial charge in [-0.2, -0.15) is 0 Å². The largest absolute Gasteiger partial charge is 0.504 e. The summed E-state index contributed by atoms with van der Waals surface area (Å²) in [6.45, 7) is 0. The van der Waals surface area contributed by atoms with Crippen molar-refractivity contribution in [2.75, 3.05) is 11.1 Å². The average Bonchev–Trinajstić information content (AvgIpc) is 2.35. The van der Waals surface area contributed by atoms with E-state index >= 15 is 0 Å². The maximum Gasteiger partial charge on any atom is 0.258 e. The maximum atomic E-state index is 12.0. The molecule has 0 atom stereocenters. The monoisotopic (exact) mass is 307 g/mol. The molecule has 0 spiro atoms. The number of aromatic nitrogens is 1. The van der Waals surface area contributed by atoms with E-state index in [1.807, 2.05) is 0 Å².